The largest absolute Gasteiger partial charge is 0.392 e. The van der Waals surface area contributed by atoms with Crippen LogP contribution in [0.3, 0.4) is 0 Å². The topological polar surface area (TPSA) is 56.6 Å². The highest BCUT2D eigenvalue weighted by Crippen LogP contribution is 2.08. The Hall–Kier alpha value is -0.820. The molecular formula is C12H18IN3O. The Morgan fingerprint density at radius 3 is 2.71 bits per heavy atom. The number of guanidine groups is 1. The molecule has 0 bridgehead atoms. The Kier molecular flexibility index (Phi) is 6.28. The van der Waals surface area contributed by atoms with Gasteiger partial charge in [0.1, 0.15) is 0 Å². The first kappa shape index (κ1) is 14.2. The molecule has 5 heteroatoms. The fraction of sp³-hybridized carbons (Fsp3) is 0.417. The summed E-state index contributed by atoms with van der Waals surface area (Å²) in [5, 5.41) is 15.6. The second kappa shape index (κ2) is 7.50. The third-order valence-corrected chi connectivity index (χ3v) is 2.63. The second-order valence-electron chi connectivity index (χ2n) is 3.79. The van der Waals surface area contributed by atoms with Crippen LogP contribution in [0.5, 0.6) is 0 Å². The third-order valence-electron chi connectivity index (χ3n) is 2.63. The van der Waals surface area contributed by atoms with E-state index in [0.717, 1.165) is 36.6 Å². The smallest absolute Gasteiger partial charge is 0.191 e. The van der Waals surface area contributed by atoms with Crippen LogP contribution in [0, 0.1) is 0 Å². The van der Waals surface area contributed by atoms with Crippen molar-refractivity contribution in [2.45, 2.75) is 19.6 Å². The van der Waals surface area contributed by atoms with Gasteiger partial charge in [-0.15, -0.1) is 24.0 Å². The van der Waals surface area contributed by atoms with Crippen LogP contribution in [0.4, 0.5) is 0 Å². The fourth-order valence-electron chi connectivity index (χ4n) is 1.71. The van der Waals surface area contributed by atoms with Crippen LogP contribution in [-0.4, -0.2) is 24.2 Å². The van der Waals surface area contributed by atoms with Gasteiger partial charge in [-0.05, 0) is 17.5 Å². The van der Waals surface area contributed by atoms with Crippen molar-refractivity contribution in [1.82, 2.24) is 10.6 Å². The van der Waals surface area contributed by atoms with E-state index in [0.29, 0.717) is 6.54 Å². The lowest BCUT2D eigenvalue weighted by molar-refractivity contribution is 0.280. The van der Waals surface area contributed by atoms with Crippen LogP contribution < -0.4 is 10.6 Å². The molecule has 0 atom stereocenters. The minimum atomic E-state index is 0. The Labute approximate surface area is 119 Å². The van der Waals surface area contributed by atoms with Gasteiger partial charge in [-0.2, -0.15) is 0 Å². The summed E-state index contributed by atoms with van der Waals surface area (Å²) >= 11 is 0. The summed E-state index contributed by atoms with van der Waals surface area (Å²) in [6, 6.07) is 7.87. The monoisotopic (exact) mass is 347 g/mol. The first-order chi connectivity index (χ1) is 7.90. The molecule has 0 radical (unpaired) electrons. The molecule has 1 aromatic rings. The average Bonchev–Trinajstić information content (AvgIpc) is 2.38. The lowest BCUT2D eigenvalue weighted by Gasteiger charge is -2.16. The summed E-state index contributed by atoms with van der Waals surface area (Å²) in [5.74, 6) is 0.860. The molecule has 4 nitrogen and oxygen atoms in total. The number of halogens is 1. The highest BCUT2D eigenvalue weighted by atomic mass is 127. The fourth-order valence-corrected chi connectivity index (χ4v) is 1.71. The van der Waals surface area contributed by atoms with Crippen LogP contribution in [0.1, 0.15) is 17.5 Å². The molecule has 0 saturated carbocycles. The summed E-state index contributed by atoms with van der Waals surface area (Å²) in [4.78, 5) is 4.33. The van der Waals surface area contributed by atoms with E-state index in [4.69, 9.17) is 0 Å². The molecule has 0 amide bonds. The van der Waals surface area contributed by atoms with E-state index in [2.05, 4.69) is 15.6 Å². The highest BCUT2D eigenvalue weighted by Gasteiger charge is 2.04. The Bertz CT molecular complexity index is 382. The zero-order valence-electron chi connectivity index (χ0n) is 9.65. The predicted octanol–water partition coefficient (Wildman–Crippen LogP) is 1.24. The van der Waals surface area contributed by atoms with Gasteiger partial charge < -0.3 is 15.7 Å². The van der Waals surface area contributed by atoms with Gasteiger partial charge in [-0.25, -0.2) is 0 Å². The number of benzene rings is 1. The maximum absolute atomic E-state index is 9.18. The number of aliphatic hydroxyl groups is 1. The van der Waals surface area contributed by atoms with E-state index in [9.17, 15) is 5.11 Å². The zero-order chi connectivity index (χ0) is 11.2. The van der Waals surface area contributed by atoms with Crippen molar-refractivity contribution in [1.29, 1.82) is 0 Å². The summed E-state index contributed by atoms with van der Waals surface area (Å²) in [5.41, 5.74) is 2.08. The molecule has 0 fully saturated rings. The maximum Gasteiger partial charge on any atom is 0.191 e. The number of nitrogens with zero attached hydrogens (tertiary/aromatic N) is 1. The summed E-state index contributed by atoms with van der Waals surface area (Å²) in [6.45, 7) is 2.64. The van der Waals surface area contributed by atoms with Crippen molar-refractivity contribution < 1.29 is 5.11 Å². The molecule has 94 valence electrons. The van der Waals surface area contributed by atoms with E-state index in [1.54, 1.807) is 0 Å². The lowest BCUT2D eigenvalue weighted by atomic mass is 10.1. The van der Waals surface area contributed by atoms with Crippen LogP contribution in [0.15, 0.2) is 29.3 Å². The molecule has 1 aromatic carbocycles. The van der Waals surface area contributed by atoms with Crippen molar-refractivity contribution in [2.75, 3.05) is 13.1 Å². The Balaban J connectivity index is 0.00000144. The van der Waals surface area contributed by atoms with Gasteiger partial charge in [0.15, 0.2) is 5.96 Å². The van der Waals surface area contributed by atoms with Gasteiger partial charge in [0.05, 0.1) is 6.61 Å². The number of aliphatic imine (C=N–C) groups is 1. The Morgan fingerprint density at radius 1 is 1.29 bits per heavy atom. The normalized spacial score (nSPS) is 14.3. The molecule has 2 rings (SSSR count). The standard InChI is InChI=1S/C12H17N3O.HI/c16-9-11-5-2-1-4-10(11)8-15-12-13-6-3-7-14-12;/h1-2,4-5,16H,3,6-9H2,(H2,13,14,15);1H. The van der Waals surface area contributed by atoms with E-state index in [-0.39, 0.29) is 30.6 Å². The molecule has 0 spiro atoms. The van der Waals surface area contributed by atoms with Crippen molar-refractivity contribution in [3.63, 3.8) is 0 Å². The predicted molar refractivity (Wildman–Crippen MR) is 79.5 cm³/mol. The number of hydrogen-bond donors (Lipinski definition) is 3. The van der Waals surface area contributed by atoms with E-state index < -0.39 is 0 Å². The van der Waals surface area contributed by atoms with Gasteiger partial charge >= 0.3 is 0 Å². The summed E-state index contributed by atoms with van der Waals surface area (Å²) < 4.78 is 0. The molecule has 0 aliphatic carbocycles. The highest BCUT2D eigenvalue weighted by molar-refractivity contribution is 14.0. The van der Waals surface area contributed by atoms with Crippen molar-refractivity contribution in [2.24, 2.45) is 4.99 Å². The minimum absolute atomic E-state index is 0. The molecule has 0 saturated heterocycles. The quantitative estimate of drug-likeness (QED) is 0.721. The van der Waals surface area contributed by atoms with Crippen molar-refractivity contribution >= 4 is 29.9 Å². The molecule has 1 heterocycles. The lowest BCUT2D eigenvalue weighted by Crippen LogP contribution is -2.40. The summed E-state index contributed by atoms with van der Waals surface area (Å²) in [7, 11) is 0. The van der Waals surface area contributed by atoms with E-state index in [1.807, 2.05) is 24.3 Å². The van der Waals surface area contributed by atoms with Gasteiger partial charge in [0.25, 0.3) is 0 Å². The first-order valence-corrected chi connectivity index (χ1v) is 5.60. The first-order valence-electron chi connectivity index (χ1n) is 5.60. The number of aliphatic hydroxyl groups excluding tert-OH is 1. The van der Waals surface area contributed by atoms with E-state index in [1.165, 1.54) is 0 Å². The Morgan fingerprint density at radius 2 is 2.06 bits per heavy atom. The molecular weight excluding hydrogens is 329 g/mol. The SMILES string of the molecule is I.OCc1ccccc1CNC1=NCCCN1. The zero-order valence-corrected chi connectivity index (χ0v) is 12.0. The van der Waals surface area contributed by atoms with Gasteiger partial charge in [0.2, 0.25) is 0 Å². The van der Waals surface area contributed by atoms with Gasteiger partial charge in [-0.1, -0.05) is 24.3 Å². The van der Waals surface area contributed by atoms with Crippen molar-refractivity contribution in [3.8, 4) is 0 Å². The minimum Gasteiger partial charge on any atom is -0.392 e. The van der Waals surface area contributed by atoms with Crippen LogP contribution >= 0.6 is 24.0 Å². The second-order valence-corrected chi connectivity index (χ2v) is 3.79. The molecule has 3 N–H and O–H groups in total. The third kappa shape index (κ3) is 4.16. The van der Waals surface area contributed by atoms with E-state index >= 15 is 0 Å². The molecule has 1 aliphatic rings. The van der Waals surface area contributed by atoms with Crippen LogP contribution in [-0.2, 0) is 13.2 Å². The van der Waals surface area contributed by atoms with Crippen LogP contribution in [0.2, 0.25) is 0 Å². The average molecular weight is 347 g/mol. The molecule has 0 unspecified atom stereocenters. The number of hydrogen-bond acceptors (Lipinski definition) is 4. The number of rotatable bonds is 3. The van der Waals surface area contributed by atoms with Gasteiger partial charge in [0, 0.05) is 19.6 Å². The molecule has 1 aliphatic heterocycles. The molecule has 0 aromatic heterocycles. The molecule has 17 heavy (non-hydrogen) atoms. The van der Waals surface area contributed by atoms with Gasteiger partial charge in [-0.3, -0.25) is 4.99 Å². The van der Waals surface area contributed by atoms with Crippen molar-refractivity contribution in [3.05, 3.63) is 35.4 Å². The summed E-state index contributed by atoms with van der Waals surface area (Å²) in [6.07, 6.45) is 1.10. The maximum atomic E-state index is 9.18. The van der Waals surface area contributed by atoms with Crippen LogP contribution in [0.25, 0.3) is 0 Å². The number of nitrogens with one attached hydrogen (secondary N) is 2.